The topological polar surface area (TPSA) is 63.2 Å². The summed E-state index contributed by atoms with van der Waals surface area (Å²) in [7, 11) is 0. The third-order valence-electron chi connectivity index (χ3n) is 4.85. The molecule has 4 rings (SSSR count). The fraction of sp³-hybridized carbons (Fsp3) is 0.333. The van der Waals surface area contributed by atoms with Gasteiger partial charge in [-0.1, -0.05) is 18.2 Å². The van der Waals surface area contributed by atoms with E-state index in [-0.39, 0.29) is 5.91 Å². The van der Waals surface area contributed by atoms with Crippen LogP contribution in [0.5, 0.6) is 11.5 Å². The second-order valence-corrected chi connectivity index (χ2v) is 6.74. The van der Waals surface area contributed by atoms with Crippen LogP contribution >= 0.6 is 0 Å². The van der Waals surface area contributed by atoms with Gasteiger partial charge in [-0.05, 0) is 49.6 Å². The van der Waals surface area contributed by atoms with Crippen molar-refractivity contribution in [1.82, 2.24) is 5.43 Å². The lowest BCUT2D eigenvalue weighted by Crippen LogP contribution is -2.38. The zero-order valence-corrected chi connectivity index (χ0v) is 15.4. The number of aryl methyl sites for hydroxylation is 1. The van der Waals surface area contributed by atoms with E-state index < -0.39 is 0 Å². The summed E-state index contributed by atoms with van der Waals surface area (Å²) >= 11 is 0. The fourth-order valence-electron chi connectivity index (χ4n) is 3.46. The Morgan fingerprint density at radius 2 is 1.96 bits per heavy atom. The number of para-hydroxylation sites is 1. The molecule has 0 atom stereocenters. The van der Waals surface area contributed by atoms with Crippen LogP contribution in [0, 0.1) is 0 Å². The second kappa shape index (κ2) is 7.70. The van der Waals surface area contributed by atoms with Gasteiger partial charge in [0.1, 0.15) is 13.2 Å². The van der Waals surface area contributed by atoms with Crippen molar-refractivity contribution in [1.29, 1.82) is 0 Å². The number of nitrogens with zero attached hydrogens (tertiary/aromatic N) is 2. The Morgan fingerprint density at radius 3 is 2.85 bits per heavy atom. The molecule has 0 aromatic heterocycles. The van der Waals surface area contributed by atoms with Gasteiger partial charge >= 0.3 is 0 Å². The van der Waals surface area contributed by atoms with E-state index in [0.29, 0.717) is 25.5 Å². The normalized spacial score (nSPS) is 15.9. The van der Waals surface area contributed by atoms with Gasteiger partial charge in [-0.3, -0.25) is 4.79 Å². The van der Waals surface area contributed by atoms with Crippen LogP contribution < -0.4 is 19.8 Å². The highest BCUT2D eigenvalue weighted by molar-refractivity contribution is 6.00. The average molecular weight is 365 g/mol. The number of nitrogens with one attached hydrogen (secondary N) is 1. The number of rotatable bonds is 4. The summed E-state index contributed by atoms with van der Waals surface area (Å²) in [5.41, 5.74) is 6.73. The third kappa shape index (κ3) is 3.89. The number of hydrazone groups is 1. The molecule has 0 saturated carbocycles. The highest BCUT2D eigenvalue weighted by atomic mass is 16.6. The standard InChI is InChI=1S/C21H23N3O3/c1-15(17-8-9-19-20(13-17)27-12-11-26-19)22-23-21(25)14-24-10-4-6-16-5-2-3-7-18(16)24/h2-3,5,7-9,13H,4,6,10-12,14H2,1H3,(H,23,25)/b22-15-. The van der Waals surface area contributed by atoms with Crippen molar-refractivity contribution in [3.05, 3.63) is 53.6 Å². The van der Waals surface area contributed by atoms with Gasteiger partial charge in [0, 0.05) is 17.8 Å². The van der Waals surface area contributed by atoms with Gasteiger partial charge in [0.2, 0.25) is 0 Å². The van der Waals surface area contributed by atoms with E-state index >= 15 is 0 Å². The molecule has 0 fully saturated rings. The van der Waals surface area contributed by atoms with Gasteiger partial charge in [0.25, 0.3) is 5.91 Å². The Morgan fingerprint density at radius 1 is 1.15 bits per heavy atom. The number of benzene rings is 2. The number of carbonyl (C=O) groups excluding carboxylic acids is 1. The zero-order chi connectivity index (χ0) is 18.6. The van der Waals surface area contributed by atoms with Crippen LogP contribution in [0.4, 0.5) is 5.69 Å². The van der Waals surface area contributed by atoms with Gasteiger partial charge < -0.3 is 14.4 Å². The van der Waals surface area contributed by atoms with Crippen molar-refractivity contribution in [3.63, 3.8) is 0 Å². The first-order chi connectivity index (χ1) is 13.2. The zero-order valence-electron chi connectivity index (χ0n) is 15.4. The monoisotopic (exact) mass is 365 g/mol. The molecule has 0 spiro atoms. The van der Waals surface area contributed by atoms with Gasteiger partial charge in [0.15, 0.2) is 11.5 Å². The quantitative estimate of drug-likeness (QED) is 0.668. The molecule has 140 valence electrons. The van der Waals surface area contributed by atoms with E-state index in [9.17, 15) is 4.79 Å². The smallest absolute Gasteiger partial charge is 0.259 e. The molecule has 0 saturated heterocycles. The lowest BCUT2D eigenvalue weighted by Gasteiger charge is -2.30. The summed E-state index contributed by atoms with van der Waals surface area (Å²) in [6.07, 6.45) is 2.12. The molecule has 2 aromatic carbocycles. The first kappa shape index (κ1) is 17.4. The second-order valence-electron chi connectivity index (χ2n) is 6.74. The Kier molecular flexibility index (Phi) is 4.96. The largest absolute Gasteiger partial charge is 0.486 e. The molecule has 6 nitrogen and oxygen atoms in total. The third-order valence-corrected chi connectivity index (χ3v) is 4.85. The van der Waals surface area contributed by atoms with Crippen molar-refractivity contribution in [2.75, 3.05) is 31.2 Å². The summed E-state index contributed by atoms with van der Waals surface area (Å²) in [5.74, 6) is 1.33. The molecule has 2 aromatic rings. The maximum absolute atomic E-state index is 12.4. The van der Waals surface area contributed by atoms with Crippen molar-refractivity contribution in [2.24, 2.45) is 5.10 Å². The lowest BCUT2D eigenvalue weighted by atomic mass is 10.0. The van der Waals surface area contributed by atoms with E-state index in [0.717, 1.165) is 42.1 Å². The van der Waals surface area contributed by atoms with Crippen LogP contribution in [-0.4, -0.2) is 37.9 Å². The number of anilines is 1. The molecule has 2 aliphatic rings. The summed E-state index contributed by atoms with van der Waals surface area (Å²) in [6, 6.07) is 13.9. The van der Waals surface area contributed by atoms with Crippen LogP contribution in [-0.2, 0) is 11.2 Å². The minimum Gasteiger partial charge on any atom is -0.486 e. The minimum atomic E-state index is -0.122. The van der Waals surface area contributed by atoms with Crippen LogP contribution in [0.15, 0.2) is 47.6 Å². The fourth-order valence-corrected chi connectivity index (χ4v) is 3.46. The molecule has 2 heterocycles. The van der Waals surface area contributed by atoms with E-state index in [1.54, 1.807) is 0 Å². The highest BCUT2D eigenvalue weighted by Gasteiger charge is 2.18. The Bertz CT molecular complexity index is 879. The number of hydrogen-bond donors (Lipinski definition) is 1. The predicted octanol–water partition coefficient (Wildman–Crippen LogP) is 2.75. The highest BCUT2D eigenvalue weighted by Crippen LogP contribution is 2.31. The van der Waals surface area contributed by atoms with E-state index in [2.05, 4.69) is 27.6 Å². The van der Waals surface area contributed by atoms with Gasteiger partial charge in [-0.25, -0.2) is 5.43 Å². The number of carbonyl (C=O) groups is 1. The molecular weight excluding hydrogens is 342 g/mol. The predicted molar refractivity (Wildman–Crippen MR) is 105 cm³/mol. The number of hydrogen-bond acceptors (Lipinski definition) is 5. The van der Waals surface area contributed by atoms with Crippen LogP contribution in [0.25, 0.3) is 0 Å². The summed E-state index contributed by atoms with van der Waals surface area (Å²) < 4.78 is 11.1. The first-order valence-electron chi connectivity index (χ1n) is 9.27. The molecule has 0 radical (unpaired) electrons. The Balaban J connectivity index is 1.40. The van der Waals surface area contributed by atoms with Crippen molar-refractivity contribution in [3.8, 4) is 11.5 Å². The molecule has 1 amide bonds. The number of ether oxygens (including phenoxy) is 2. The summed E-state index contributed by atoms with van der Waals surface area (Å²) in [4.78, 5) is 14.5. The summed E-state index contributed by atoms with van der Waals surface area (Å²) in [6.45, 7) is 4.15. The Labute approximate surface area is 158 Å². The Hall–Kier alpha value is -3.02. The number of fused-ring (bicyclic) bond motifs is 2. The van der Waals surface area contributed by atoms with E-state index in [4.69, 9.17) is 9.47 Å². The van der Waals surface area contributed by atoms with Gasteiger partial charge in [-0.2, -0.15) is 5.10 Å². The van der Waals surface area contributed by atoms with Crippen molar-refractivity contribution < 1.29 is 14.3 Å². The maximum Gasteiger partial charge on any atom is 0.259 e. The van der Waals surface area contributed by atoms with Crippen molar-refractivity contribution in [2.45, 2.75) is 19.8 Å². The molecule has 27 heavy (non-hydrogen) atoms. The SMILES string of the molecule is C/C(=N/NC(=O)CN1CCCc2ccccc21)c1ccc2c(c1)OCCO2. The minimum absolute atomic E-state index is 0.122. The van der Waals surface area contributed by atoms with Crippen molar-refractivity contribution >= 4 is 17.3 Å². The number of amides is 1. The summed E-state index contributed by atoms with van der Waals surface area (Å²) in [5, 5.41) is 4.26. The average Bonchev–Trinajstić information content (AvgIpc) is 2.72. The molecule has 1 N–H and O–H groups in total. The lowest BCUT2D eigenvalue weighted by molar-refractivity contribution is -0.119. The van der Waals surface area contributed by atoms with Gasteiger partial charge in [-0.15, -0.1) is 0 Å². The van der Waals surface area contributed by atoms with Crippen LogP contribution in [0.2, 0.25) is 0 Å². The molecule has 6 heteroatoms. The first-order valence-corrected chi connectivity index (χ1v) is 9.27. The van der Waals surface area contributed by atoms with E-state index in [1.165, 1.54) is 5.56 Å². The van der Waals surface area contributed by atoms with Gasteiger partial charge in [0.05, 0.1) is 12.3 Å². The molecule has 0 unspecified atom stereocenters. The maximum atomic E-state index is 12.4. The molecule has 0 aliphatic carbocycles. The van der Waals surface area contributed by atoms with Crippen LogP contribution in [0.3, 0.4) is 0 Å². The van der Waals surface area contributed by atoms with E-state index in [1.807, 2.05) is 37.3 Å². The molecule has 2 aliphatic heterocycles. The molecule has 0 bridgehead atoms. The van der Waals surface area contributed by atoms with Crippen LogP contribution in [0.1, 0.15) is 24.5 Å². The molecular formula is C21H23N3O3.